The molecule has 1 aromatic rings. The maximum absolute atomic E-state index is 12.1. The molecular weight excluding hydrogens is 352 g/mol. The van der Waals surface area contributed by atoms with Gasteiger partial charge in [-0.3, -0.25) is 9.79 Å². The molecule has 0 spiro atoms. The van der Waals surface area contributed by atoms with Crippen molar-refractivity contribution in [3.05, 3.63) is 35.4 Å². The van der Waals surface area contributed by atoms with Crippen LogP contribution in [0, 0.1) is 0 Å². The number of sulfone groups is 1. The second-order valence-electron chi connectivity index (χ2n) is 6.65. The lowest BCUT2D eigenvalue weighted by Gasteiger charge is -2.16. The first-order valence-corrected chi connectivity index (χ1v) is 10.7. The number of amides is 1. The van der Waals surface area contributed by atoms with Crippen LogP contribution in [-0.4, -0.2) is 50.9 Å². The molecule has 2 unspecified atom stereocenters. The Morgan fingerprint density at radius 2 is 2.00 bits per heavy atom. The molecule has 2 atom stereocenters. The Kier molecular flexibility index (Phi) is 7.02. The fourth-order valence-corrected chi connectivity index (χ4v) is 4.34. The van der Waals surface area contributed by atoms with Crippen LogP contribution < -0.4 is 16.0 Å². The van der Waals surface area contributed by atoms with Gasteiger partial charge in [0, 0.05) is 31.2 Å². The molecule has 7 nitrogen and oxygen atoms in total. The van der Waals surface area contributed by atoms with Crippen molar-refractivity contribution >= 4 is 21.7 Å². The van der Waals surface area contributed by atoms with Crippen LogP contribution in [0.2, 0.25) is 0 Å². The average molecular weight is 381 g/mol. The molecule has 0 bridgehead atoms. The molecule has 1 aliphatic heterocycles. The van der Waals surface area contributed by atoms with Crippen molar-refractivity contribution in [2.45, 2.75) is 45.3 Å². The summed E-state index contributed by atoms with van der Waals surface area (Å²) < 4.78 is 23.1. The first kappa shape index (κ1) is 20.2. The lowest BCUT2D eigenvalue weighted by Crippen LogP contribution is -2.43. The number of hydrogen-bond acceptors (Lipinski definition) is 4. The van der Waals surface area contributed by atoms with E-state index in [9.17, 15) is 13.2 Å². The van der Waals surface area contributed by atoms with Crippen LogP contribution in [0.1, 0.15) is 42.6 Å². The summed E-state index contributed by atoms with van der Waals surface area (Å²) in [7, 11) is -1.27. The van der Waals surface area contributed by atoms with Crippen LogP contribution in [0.25, 0.3) is 0 Å². The van der Waals surface area contributed by atoms with Crippen molar-refractivity contribution in [1.29, 1.82) is 0 Å². The normalized spacial score (nSPS) is 20.4. The van der Waals surface area contributed by atoms with Crippen LogP contribution in [-0.2, 0) is 16.4 Å². The monoisotopic (exact) mass is 380 g/mol. The van der Waals surface area contributed by atoms with E-state index in [0.29, 0.717) is 24.5 Å². The molecule has 2 rings (SSSR count). The van der Waals surface area contributed by atoms with Crippen molar-refractivity contribution < 1.29 is 13.2 Å². The minimum absolute atomic E-state index is 0.0706. The third-order valence-electron chi connectivity index (χ3n) is 4.46. The highest BCUT2D eigenvalue weighted by Crippen LogP contribution is 2.11. The number of carbonyl (C=O) groups excluding carboxylic acids is 1. The number of guanidine groups is 1. The summed E-state index contributed by atoms with van der Waals surface area (Å²) in [4.78, 5) is 16.2. The SMILES string of the molecule is CCC(C)NC(=O)c1ccc(CNC(=NC)NC2CCS(=O)(=O)C2)cc1. The molecule has 144 valence electrons. The van der Waals surface area contributed by atoms with E-state index in [-0.39, 0.29) is 29.5 Å². The van der Waals surface area contributed by atoms with Gasteiger partial charge in [-0.05, 0) is 37.5 Å². The molecular formula is C18H28N4O3S. The highest BCUT2D eigenvalue weighted by molar-refractivity contribution is 7.91. The fraction of sp³-hybridized carbons (Fsp3) is 0.556. The Bertz CT molecular complexity index is 744. The van der Waals surface area contributed by atoms with Gasteiger partial charge in [0.1, 0.15) is 0 Å². The van der Waals surface area contributed by atoms with E-state index in [4.69, 9.17) is 0 Å². The number of rotatable bonds is 6. The first-order chi connectivity index (χ1) is 12.3. The molecule has 1 aliphatic rings. The van der Waals surface area contributed by atoms with Gasteiger partial charge in [-0.25, -0.2) is 8.42 Å². The maximum atomic E-state index is 12.1. The minimum atomic E-state index is -2.92. The van der Waals surface area contributed by atoms with Crippen LogP contribution in [0.4, 0.5) is 0 Å². The smallest absolute Gasteiger partial charge is 0.251 e. The third-order valence-corrected chi connectivity index (χ3v) is 6.23. The molecule has 1 amide bonds. The molecule has 0 radical (unpaired) electrons. The van der Waals surface area contributed by atoms with Gasteiger partial charge in [0.25, 0.3) is 5.91 Å². The second-order valence-corrected chi connectivity index (χ2v) is 8.88. The summed E-state index contributed by atoms with van der Waals surface area (Å²) in [5.74, 6) is 0.875. The van der Waals surface area contributed by atoms with E-state index in [2.05, 4.69) is 20.9 Å². The van der Waals surface area contributed by atoms with Crippen LogP contribution in [0.15, 0.2) is 29.3 Å². The van der Waals surface area contributed by atoms with E-state index < -0.39 is 9.84 Å². The van der Waals surface area contributed by atoms with Gasteiger partial charge >= 0.3 is 0 Å². The molecule has 3 N–H and O–H groups in total. The zero-order valence-electron chi connectivity index (χ0n) is 15.6. The quantitative estimate of drug-likeness (QED) is 0.506. The number of nitrogens with zero attached hydrogens (tertiary/aromatic N) is 1. The molecule has 8 heteroatoms. The van der Waals surface area contributed by atoms with Gasteiger partial charge in [0.15, 0.2) is 15.8 Å². The Morgan fingerprint density at radius 3 is 2.54 bits per heavy atom. The summed E-state index contributed by atoms with van der Waals surface area (Å²) in [6.07, 6.45) is 1.49. The van der Waals surface area contributed by atoms with Crippen molar-refractivity contribution in [3.63, 3.8) is 0 Å². The molecule has 0 saturated carbocycles. The van der Waals surface area contributed by atoms with Crippen molar-refractivity contribution in [3.8, 4) is 0 Å². The van der Waals surface area contributed by atoms with Gasteiger partial charge in [-0.1, -0.05) is 19.1 Å². The van der Waals surface area contributed by atoms with Crippen LogP contribution in [0.5, 0.6) is 0 Å². The molecule has 1 heterocycles. The molecule has 0 aliphatic carbocycles. The van der Waals surface area contributed by atoms with E-state index in [1.54, 1.807) is 19.2 Å². The van der Waals surface area contributed by atoms with Crippen LogP contribution >= 0.6 is 0 Å². The molecule has 26 heavy (non-hydrogen) atoms. The zero-order valence-corrected chi connectivity index (χ0v) is 16.4. The highest BCUT2D eigenvalue weighted by atomic mass is 32.2. The number of nitrogens with one attached hydrogen (secondary N) is 3. The number of aliphatic imine (C=N–C) groups is 1. The summed E-state index contributed by atoms with van der Waals surface area (Å²) >= 11 is 0. The van der Waals surface area contributed by atoms with Gasteiger partial charge in [0.05, 0.1) is 11.5 Å². The van der Waals surface area contributed by atoms with E-state index in [1.165, 1.54) is 0 Å². The summed E-state index contributed by atoms with van der Waals surface area (Å²) in [6, 6.07) is 7.44. The third kappa shape index (κ3) is 6.01. The summed E-state index contributed by atoms with van der Waals surface area (Å²) in [5, 5.41) is 9.26. The predicted molar refractivity (Wildman–Crippen MR) is 104 cm³/mol. The van der Waals surface area contributed by atoms with Crippen molar-refractivity contribution in [2.75, 3.05) is 18.6 Å². The Balaban J connectivity index is 1.85. The van der Waals surface area contributed by atoms with E-state index >= 15 is 0 Å². The first-order valence-electron chi connectivity index (χ1n) is 8.90. The number of benzene rings is 1. The standard InChI is InChI=1S/C18H28N4O3S/c1-4-13(2)21-17(23)15-7-5-14(6-8-15)11-20-18(19-3)22-16-9-10-26(24,25)12-16/h5-8,13,16H,4,9-12H2,1-3H3,(H,21,23)(H2,19,20,22). The lowest BCUT2D eigenvalue weighted by molar-refractivity contribution is 0.0939. The zero-order chi connectivity index (χ0) is 19.2. The largest absolute Gasteiger partial charge is 0.353 e. The number of hydrogen-bond donors (Lipinski definition) is 3. The molecule has 1 aromatic carbocycles. The fourth-order valence-electron chi connectivity index (χ4n) is 2.67. The molecule has 0 aromatic heterocycles. The molecule has 1 saturated heterocycles. The van der Waals surface area contributed by atoms with Gasteiger partial charge in [-0.15, -0.1) is 0 Å². The average Bonchev–Trinajstić information content (AvgIpc) is 2.97. The van der Waals surface area contributed by atoms with Crippen LogP contribution in [0.3, 0.4) is 0 Å². The molecule has 1 fully saturated rings. The van der Waals surface area contributed by atoms with E-state index in [0.717, 1.165) is 12.0 Å². The Morgan fingerprint density at radius 1 is 1.31 bits per heavy atom. The Hall–Kier alpha value is -2.09. The topological polar surface area (TPSA) is 99.7 Å². The summed E-state index contributed by atoms with van der Waals surface area (Å²) in [6.45, 7) is 4.54. The predicted octanol–water partition coefficient (Wildman–Crippen LogP) is 1.07. The van der Waals surface area contributed by atoms with Gasteiger partial charge in [-0.2, -0.15) is 0 Å². The number of carbonyl (C=O) groups is 1. The maximum Gasteiger partial charge on any atom is 0.251 e. The second kappa shape index (κ2) is 9.02. The Labute approximate surface area is 155 Å². The van der Waals surface area contributed by atoms with Gasteiger partial charge in [0.2, 0.25) is 0 Å². The minimum Gasteiger partial charge on any atom is -0.353 e. The van der Waals surface area contributed by atoms with Crippen molar-refractivity contribution in [1.82, 2.24) is 16.0 Å². The lowest BCUT2D eigenvalue weighted by atomic mass is 10.1. The highest BCUT2D eigenvalue weighted by Gasteiger charge is 2.28. The van der Waals surface area contributed by atoms with E-state index in [1.807, 2.05) is 26.0 Å². The van der Waals surface area contributed by atoms with Gasteiger partial charge < -0.3 is 16.0 Å². The summed E-state index contributed by atoms with van der Waals surface area (Å²) in [5.41, 5.74) is 1.64. The van der Waals surface area contributed by atoms with Crippen molar-refractivity contribution in [2.24, 2.45) is 4.99 Å².